The Morgan fingerprint density at radius 1 is 1.17 bits per heavy atom. The summed E-state index contributed by atoms with van der Waals surface area (Å²) in [7, 11) is 1.86. The summed E-state index contributed by atoms with van der Waals surface area (Å²) in [6, 6.07) is 15.8. The topological polar surface area (TPSA) is 48.9 Å². The molecule has 2 N–H and O–H groups in total. The minimum atomic E-state index is 0.487. The number of likely N-dealkylation sites (tertiary alicyclic amines) is 1. The number of fused-ring (bicyclic) bond motifs is 1. The van der Waals surface area contributed by atoms with Gasteiger partial charge in [0, 0.05) is 45.7 Å². The van der Waals surface area contributed by atoms with Gasteiger partial charge in [0.25, 0.3) is 0 Å². The number of hydrogen-bond donors (Lipinski definition) is 2. The highest BCUT2D eigenvalue weighted by Gasteiger charge is 2.20. The van der Waals surface area contributed by atoms with Crippen LogP contribution in [0.2, 0.25) is 0 Å². The van der Waals surface area contributed by atoms with E-state index in [1.807, 2.05) is 7.05 Å². The summed E-state index contributed by atoms with van der Waals surface area (Å²) >= 11 is 0. The molecule has 0 amide bonds. The number of ether oxygens (including phenoxy) is 1. The summed E-state index contributed by atoms with van der Waals surface area (Å²) in [5.74, 6) is 1.97. The molecule has 0 atom stereocenters. The Hall–Kier alpha value is -2.53. The Bertz CT molecular complexity index is 871. The van der Waals surface area contributed by atoms with E-state index in [0.717, 1.165) is 70.2 Å². The molecule has 1 fully saturated rings. The van der Waals surface area contributed by atoms with Crippen LogP contribution >= 0.6 is 0 Å². The standard InChI is InChI=1S/C25H34N4O/c1-19-5-3-4-6-22(19)18-29-14-10-23(11-15-29)28-25(26-2)27-13-9-20-7-8-24-21(17-20)12-16-30-24/h3-8,17,23H,9-16,18H2,1-2H3,(H2,26,27,28). The van der Waals surface area contributed by atoms with Gasteiger partial charge in [-0.1, -0.05) is 36.4 Å². The molecule has 2 aromatic rings. The van der Waals surface area contributed by atoms with Gasteiger partial charge in [0.15, 0.2) is 5.96 Å². The van der Waals surface area contributed by atoms with Crippen LogP contribution in [0, 0.1) is 6.92 Å². The van der Waals surface area contributed by atoms with E-state index < -0.39 is 0 Å². The van der Waals surface area contributed by atoms with Gasteiger partial charge < -0.3 is 15.4 Å². The number of benzene rings is 2. The molecule has 1 saturated heterocycles. The molecule has 0 bridgehead atoms. The van der Waals surface area contributed by atoms with E-state index in [1.54, 1.807) is 0 Å². The summed E-state index contributed by atoms with van der Waals surface area (Å²) < 4.78 is 5.60. The van der Waals surface area contributed by atoms with Crippen LogP contribution in [0.15, 0.2) is 47.5 Å². The summed E-state index contributed by atoms with van der Waals surface area (Å²) in [5, 5.41) is 7.11. The molecular weight excluding hydrogens is 372 g/mol. The first kappa shape index (κ1) is 20.7. The van der Waals surface area contributed by atoms with Gasteiger partial charge in [-0.2, -0.15) is 0 Å². The Kier molecular flexibility index (Phi) is 6.90. The highest BCUT2D eigenvalue weighted by molar-refractivity contribution is 5.79. The molecule has 0 aromatic heterocycles. The largest absolute Gasteiger partial charge is 0.493 e. The highest BCUT2D eigenvalue weighted by atomic mass is 16.5. The first-order valence-corrected chi connectivity index (χ1v) is 11.2. The SMILES string of the molecule is CN=C(NCCc1ccc2c(c1)CCO2)NC1CCN(Cc2ccccc2C)CC1. The van der Waals surface area contributed by atoms with Gasteiger partial charge >= 0.3 is 0 Å². The fraction of sp³-hybridized carbons (Fsp3) is 0.480. The van der Waals surface area contributed by atoms with E-state index >= 15 is 0 Å². The number of rotatable bonds is 6. The normalized spacial score (nSPS) is 17.5. The minimum Gasteiger partial charge on any atom is -0.493 e. The third-order valence-corrected chi connectivity index (χ3v) is 6.27. The van der Waals surface area contributed by atoms with Crippen molar-refractivity contribution in [2.45, 2.75) is 45.2 Å². The van der Waals surface area contributed by atoms with Crippen molar-refractivity contribution in [2.75, 3.05) is 33.3 Å². The van der Waals surface area contributed by atoms with Gasteiger partial charge in [-0.15, -0.1) is 0 Å². The van der Waals surface area contributed by atoms with Crippen molar-refractivity contribution >= 4 is 5.96 Å². The number of guanidine groups is 1. The second-order valence-corrected chi connectivity index (χ2v) is 8.41. The summed E-state index contributed by atoms with van der Waals surface area (Å²) in [6.07, 6.45) is 4.32. The van der Waals surface area contributed by atoms with Crippen molar-refractivity contribution in [3.8, 4) is 5.75 Å². The predicted molar refractivity (Wildman–Crippen MR) is 123 cm³/mol. The highest BCUT2D eigenvalue weighted by Crippen LogP contribution is 2.25. The predicted octanol–water partition coefficient (Wildman–Crippen LogP) is 3.30. The zero-order valence-corrected chi connectivity index (χ0v) is 18.3. The molecule has 5 heteroatoms. The molecule has 2 heterocycles. The summed E-state index contributed by atoms with van der Waals surface area (Å²) in [6.45, 7) is 7.21. The summed E-state index contributed by atoms with van der Waals surface area (Å²) in [5.41, 5.74) is 5.52. The van der Waals surface area contributed by atoms with Crippen molar-refractivity contribution in [1.82, 2.24) is 15.5 Å². The van der Waals surface area contributed by atoms with Crippen molar-refractivity contribution in [3.05, 3.63) is 64.7 Å². The van der Waals surface area contributed by atoms with E-state index in [-0.39, 0.29) is 0 Å². The molecule has 2 aliphatic rings. The zero-order chi connectivity index (χ0) is 20.8. The number of hydrogen-bond acceptors (Lipinski definition) is 3. The third-order valence-electron chi connectivity index (χ3n) is 6.27. The third kappa shape index (κ3) is 5.33. The van der Waals surface area contributed by atoms with E-state index in [9.17, 15) is 0 Å². The van der Waals surface area contributed by atoms with Crippen molar-refractivity contribution in [3.63, 3.8) is 0 Å². The maximum Gasteiger partial charge on any atom is 0.191 e. The van der Waals surface area contributed by atoms with Gasteiger partial charge in [-0.3, -0.25) is 9.89 Å². The smallest absolute Gasteiger partial charge is 0.191 e. The lowest BCUT2D eigenvalue weighted by atomic mass is 10.0. The van der Waals surface area contributed by atoms with Gasteiger partial charge in [-0.25, -0.2) is 0 Å². The fourth-order valence-electron chi connectivity index (χ4n) is 4.37. The number of nitrogens with zero attached hydrogens (tertiary/aromatic N) is 2. The molecule has 4 rings (SSSR count). The molecule has 30 heavy (non-hydrogen) atoms. The Labute approximate surface area is 180 Å². The number of aliphatic imine (C=N–C) groups is 1. The van der Waals surface area contributed by atoms with Gasteiger partial charge in [0.1, 0.15) is 5.75 Å². The molecular formula is C25H34N4O. The Morgan fingerprint density at radius 3 is 2.80 bits per heavy atom. The monoisotopic (exact) mass is 406 g/mol. The van der Waals surface area contributed by atoms with Gasteiger partial charge in [0.2, 0.25) is 0 Å². The van der Waals surface area contributed by atoms with Crippen molar-refractivity contribution in [1.29, 1.82) is 0 Å². The van der Waals surface area contributed by atoms with E-state index in [0.29, 0.717) is 6.04 Å². The molecule has 2 aliphatic heterocycles. The van der Waals surface area contributed by atoms with Crippen LogP contribution in [-0.4, -0.2) is 50.2 Å². The number of piperidine rings is 1. The summed E-state index contributed by atoms with van der Waals surface area (Å²) in [4.78, 5) is 6.99. The average molecular weight is 407 g/mol. The number of aryl methyl sites for hydroxylation is 1. The van der Waals surface area contributed by atoms with Crippen LogP contribution < -0.4 is 15.4 Å². The zero-order valence-electron chi connectivity index (χ0n) is 18.3. The van der Waals surface area contributed by atoms with Crippen LogP contribution in [0.4, 0.5) is 0 Å². The van der Waals surface area contributed by atoms with Crippen LogP contribution in [0.1, 0.15) is 35.1 Å². The molecule has 0 unspecified atom stereocenters. The quantitative estimate of drug-likeness (QED) is 0.571. The second kappa shape index (κ2) is 9.98. The first-order valence-electron chi connectivity index (χ1n) is 11.2. The van der Waals surface area contributed by atoms with E-state index in [4.69, 9.17) is 4.74 Å². The Balaban J connectivity index is 1.19. The lowest BCUT2D eigenvalue weighted by Crippen LogP contribution is -2.48. The van der Waals surface area contributed by atoms with Crippen LogP contribution in [0.5, 0.6) is 5.75 Å². The maximum atomic E-state index is 5.60. The van der Waals surface area contributed by atoms with Crippen molar-refractivity contribution in [2.24, 2.45) is 4.99 Å². The maximum absolute atomic E-state index is 5.60. The van der Waals surface area contributed by atoms with E-state index in [2.05, 4.69) is 69.9 Å². The molecule has 5 nitrogen and oxygen atoms in total. The lowest BCUT2D eigenvalue weighted by molar-refractivity contribution is 0.198. The number of nitrogens with one attached hydrogen (secondary N) is 2. The Morgan fingerprint density at radius 2 is 2.00 bits per heavy atom. The molecule has 0 aliphatic carbocycles. The fourth-order valence-corrected chi connectivity index (χ4v) is 4.37. The average Bonchev–Trinajstić information content (AvgIpc) is 3.24. The molecule has 2 aromatic carbocycles. The van der Waals surface area contributed by atoms with Gasteiger partial charge in [-0.05, 0) is 54.5 Å². The minimum absolute atomic E-state index is 0.487. The van der Waals surface area contributed by atoms with E-state index in [1.165, 1.54) is 22.3 Å². The van der Waals surface area contributed by atoms with Crippen molar-refractivity contribution < 1.29 is 4.74 Å². The molecule has 0 spiro atoms. The molecule has 0 saturated carbocycles. The lowest BCUT2D eigenvalue weighted by Gasteiger charge is -2.33. The molecule has 160 valence electrons. The van der Waals surface area contributed by atoms with Crippen LogP contribution in [0.3, 0.4) is 0 Å². The molecule has 0 radical (unpaired) electrons. The second-order valence-electron chi connectivity index (χ2n) is 8.41. The van der Waals surface area contributed by atoms with Crippen LogP contribution in [-0.2, 0) is 19.4 Å². The van der Waals surface area contributed by atoms with Gasteiger partial charge in [0.05, 0.1) is 6.61 Å². The first-order chi connectivity index (χ1) is 14.7. The van der Waals surface area contributed by atoms with Crippen LogP contribution in [0.25, 0.3) is 0 Å².